The number of nitro groups is 1. The molecule has 0 radical (unpaired) electrons. The van der Waals surface area contributed by atoms with E-state index in [0.717, 1.165) is 17.7 Å². The van der Waals surface area contributed by atoms with Crippen molar-refractivity contribution in [2.24, 2.45) is 5.92 Å². The van der Waals surface area contributed by atoms with Gasteiger partial charge < -0.3 is 0 Å². The molecular weight excluding hydrogens is 313 g/mol. The minimum Gasteiger partial charge on any atom is -0.258 e. The molecule has 0 spiro atoms. The third-order valence-electron chi connectivity index (χ3n) is 3.02. The maximum absolute atomic E-state index is 10.9. The second kappa shape index (κ2) is 6.45. The smallest absolute Gasteiger partial charge is 0.258 e. The van der Waals surface area contributed by atoms with Crippen LogP contribution < -0.4 is 0 Å². The second-order valence-corrected chi connectivity index (χ2v) is 5.76. The van der Waals surface area contributed by atoms with E-state index in [4.69, 9.17) is 23.2 Å². The van der Waals surface area contributed by atoms with Gasteiger partial charge in [-0.2, -0.15) is 5.10 Å². The minimum atomic E-state index is -0.446. The molecule has 1 aromatic heterocycles. The Hall–Kier alpha value is -1.59. The van der Waals surface area contributed by atoms with Gasteiger partial charge in [0.15, 0.2) is 0 Å². The number of alkyl halides is 1. The summed E-state index contributed by atoms with van der Waals surface area (Å²) in [7, 11) is 0. The molecule has 0 unspecified atom stereocenters. The van der Waals surface area contributed by atoms with E-state index in [1.54, 1.807) is 12.1 Å². The zero-order valence-corrected chi connectivity index (χ0v) is 13.2. The number of aromatic nitrogens is 2. The first-order valence-electron chi connectivity index (χ1n) is 6.51. The average Bonchev–Trinajstić information content (AvgIpc) is 2.74. The largest absolute Gasteiger partial charge is 0.271 e. The summed E-state index contributed by atoms with van der Waals surface area (Å²) in [5, 5.41) is 15.7. The molecule has 7 heteroatoms. The van der Waals surface area contributed by atoms with Crippen LogP contribution in [-0.2, 0) is 12.3 Å². The molecule has 0 N–H and O–H groups in total. The molecule has 0 saturated heterocycles. The van der Waals surface area contributed by atoms with Gasteiger partial charge in [-0.1, -0.05) is 31.5 Å². The number of non-ortho nitro benzene ring substituents is 1. The topological polar surface area (TPSA) is 61.0 Å². The van der Waals surface area contributed by atoms with E-state index in [-0.39, 0.29) is 11.6 Å². The van der Waals surface area contributed by atoms with Crippen LogP contribution in [0.15, 0.2) is 24.3 Å². The predicted octanol–water partition coefficient (Wildman–Crippen LogP) is 4.37. The molecule has 2 rings (SSSR count). The fourth-order valence-corrected chi connectivity index (χ4v) is 2.72. The van der Waals surface area contributed by atoms with Gasteiger partial charge in [0.1, 0.15) is 5.15 Å². The lowest BCUT2D eigenvalue weighted by Gasteiger charge is -2.03. The number of hydrogen-bond acceptors (Lipinski definition) is 3. The number of nitrogens with zero attached hydrogens (tertiary/aromatic N) is 3. The van der Waals surface area contributed by atoms with E-state index in [0.29, 0.717) is 16.8 Å². The van der Waals surface area contributed by atoms with E-state index in [1.165, 1.54) is 16.8 Å². The van der Waals surface area contributed by atoms with Gasteiger partial charge in [0, 0.05) is 17.7 Å². The van der Waals surface area contributed by atoms with Crippen LogP contribution in [0.4, 0.5) is 5.69 Å². The lowest BCUT2D eigenvalue weighted by molar-refractivity contribution is -0.384. The van der Waals surface area contributed by atoms with Crippen molar-refractivity contribution in [3.8, 4) is 5.69 Å². The molecule has 0 aliphatic heterocycles. The molecule has 21 heavy (non-hydrogen) atoms. The maximum Gasteiger partial charge on any atom is 0.271 e. The summed E-state index contributed by atoms with van der Waals surface area (Å²) < 4.78 is 1.50. The number of benzene rings is 1. The van der Waals surface area contributed by atoms with Crippen molar-refractivity contribution < 1.29 is 4.92 Å². The van der Waals surface area contributed by atoms with Crippen LogP contribution in [0.5, 0.6) is 0 Å². The fourth-order valence-electron chi connectivity index (χ4n) is 2.06. The van der Waals surface area contributed by atoms with Crippen LogP contribution >= 0.6 is 23.2 Å². The predicted molar refractivity (Wildman–Crippen MR) is 83.3 cm³/mol. The Morgan fingerprint density at radius 3 is 2.71 bits per heavy atom. The summed E-state index contributed by atoms with van der Waals surface area (Å²) >= 11 is 12.3. The zero-order valence-electron chi connectivity index (χ0n) is 11.7. The summed E-state index contributed by atoms with van der Waals surface area (Å²) in [6.45, 7) is 4.16. The molecule has 0 atom stereocenters. The Labute approximate surface area is 132 Å². The first-order chi connectivity index (χ1) is 9.93. The van der Waals surface area contributed by atoms with Crippen LogP contribution in [-0.4, -0.2) is 14.7 Å². The summed E-state index contributed by atoms with van der Waals surface area (Å²) in [4.78, 5) is 10.4. The van der Waals surface area contributed by atoms with E-state index in [9.17, 15) is 10.1 Å². The Bertz CT molecular complexity index is 668. The lowest BCUT2D eigenvalue weighted by Crippen LogP contribution is -2.00. The number of rotatable bonds is 5. The van der Waals surface area contributed by atoms with Crippen molar-refractivity contribution in [3.63, 3.8) is 0 Å². The highest BCUT2D eigenvalue weighted by Gasteiger charge is 2.18. The van der Waals surface area contributed by atoms with E-state index in [1.807, 2.05) is 0 Å². The van der Waals surface area contributed by atoms with Gasteiger partial charge in [0.25, 0.3) is 5.69 Å². The number of halogens is 2. The highest BCUT2D eigenvalue weighted by Crippen LogP contribution is 2.28. The third kappa shape index (κ3) is 3.36. The van der Waals surface area contributed by atoms with Crippen molar-refractivity contribution in [1.82, 2.24) is 9.78 Å². The first-order valence-corrected chi connectivity index (χ1v) is 7.42. The monoisotopic (exact) mass is 327 g/mol. The molecule has 0 aliphatic rings. The molecule has 2 aromatic rings. The van der Waals surface area contributed by atoms with E-state index >= 15 is 0 Å². The second-order valence-electron chi connectivity index (χ2n) is 5.14. The van der Waals surface area contributed by atoms with Crippen LogP contribution in [0, 0.1) is 16.0 Å². The van der Waals surface area contributed by atoms with Crippen molar-refractivity contribution >= 4 is 28.9 Å². The van der Waals surface area contributed by atoms with Gasteiger partial charge in [-0.05, 0) is 18.4 Å². The minimum absolute atomic E-state index is 0.00287. The molecule has 1 aromatic carbocycles. The van der Waals surface area contributed by atoms with Crippen molar-refractivity contribution in [1.29, 1.82) is 0 Å². The van der Waals surface area contributed by atoms with Gasteiger partial charge in [-0.25, -0.2) is 4.68 Å². The van der Waals surface area contributed by atoms with Crippen LogP contribution in [0.25, 0.3) is 5.69 Å². The molecule has 0 aliphatic carbocycles. The molecule has 0 amide bonds. The average molecular weight is 328 g/mol. The Kier molecular flexibility index (Phi) is 4.85. The Morgan fingerprint density at radius 2 is 2.14 bits per heavy atom. The van der Waals surface area contributed by atoms with Crippen molar-refractivity contribution in [2.75, 3.05) is 0 Å². The zero-order chi connectivity index (χ0) is 15.6. The molecule has 5 nitrogen and oxygen atoms in total. The van der Waals surface area contributed by atoms with Gasteiger partial charge >= 0.3 is 0 Å². The first kappa shape index (κ1) is 15.8. The highest BCUT2D eigenvalue weighted by molar-refractivity contribution is 6.31. The third-order valence-corrected chi connectivity index (χ3v) is 3.68. The SMILES string of the molecule is CC(C)Cc1nn(-c2cccc([N+](=O)[O-])c2)c(Cl)c1CCl. The Morgan fingerprint density at radius 1 is 1.43 bits per heavy atom. The van der Waals surface area contributed by atoms with Gasteiger partial charge in [0.05, 0.1) is 22.2 Å². The Balaban J connectivity index is 2.51. The fraction of sp³-hybridized carbons (Fsp3) is 0.357. The van der Waals surface area contributed by atoms with Crippen LogP contribution in [0.2, 0.25) is 5.15 Å². The normalized spacial score (nSPS) is 11.1. The molecule has 0 fully saturated rings. The highest BCUT2D eigenvalue weighted by atomic mass is 35.5. The molecule has 112 valence electrons. The number of nitro benzene ring substituents is 1. The van der Waals surface area contributed by atoms with E-state index in [2.05, 4.69) is 18.9 Å². The molecular formula is C14H15Cl2N3O2. The van der Waals surface area contributed by atoms with Gasteiger partial charge in [0.2, 0.25) is 0 Å². The van der Waals surface area contributed by atoms with E-state index < -0.39 is 4.92 Å². The molecule has 0 bridgehead atoms. The molecule has 1 heterocycles. The number of hydrogen-bond donors (Lipinski definition) is 0. The summed E-state index contributed by atoms with van der Waals surface area (Å²) in [6.07, 6.45) is 0.754. The van der Waals surface area contributed by atoms with Crippen LogP contribution in [0.3, 0.4) is 0 Å². The summed E-state index contributed by atoms with van der Waals surface area (Å²) in [5.41, 5.74) is 2.16. The standard InChI is InChI=1S/C14H15Cl2N3O2/c1-9(2)6-13-12(8-15)14(16)18(17-13)10-4-3-5-11(7-10)19(20)21/h3-5,7,9H,6,8H2,1-2H3. The lowest BCUT2D eigenvalue weighted by atomic mass is 10.1. The van der Waals surface area contributed by atoms with Crippen molar-refractivity contribution in [2.45, 2.75) is 26.1 Å². The summed E-state index contributed by atoms with van der Waals surface area (Å²) in [5.74, 6) is 0.673. The van der Waals surface area contributed by atoms with Crippen molar-refractivity contribution in [3.05, 3.63) is 50.8 Å². The summed E-state index contributed by atoms with van der Waals surface area (Å²) in [6, 6.07) is 6.20. The van der Waals surface area contributed by atoms with Gasteiger partial charge in [-0.3, -0.25) is 10.1 Å². The maximum atomic E-state index is 10.9. The van der Waals surface area contributed by atoms with Crippen LogP contribution in [0.1, 0.15) is 25.1 Å². The quantitative estimate of drug-likeness (QED) is 0.465. The molecule has 0 saturated carbocycles. The van der Waals surface area contributed by atoms with Gasteiger partial charge in [-0.15, -0.1) is 11.6 Å².